The molecule has 0 aliphatic heterocycles. The van der Waals surface area contributed by atoms with E-state index in [0.717, 1.165) is 16.1 Å². The average molecular weight is 325 g/mol. The van der Waals surface area contributed by atoms with E-state index in [1.165, 1.54) is 17.4 Å². The molecule has 0 atom stereocenters. The lowest BCUT2D eigenvalue weighted by Gasteiger charge is -2.09. The minimum atomic E-state index is -0.263. The number of halogens is 2. The van der Waals surface area contributed by atoms with E-state index in [1.807, 2.05) is 13.0 Å². The van der Waals surface area contributed by atoms with Crippen LogP contribution >= 0.6 is 27.3 Å². The summed E-state index contributed by atoms with van der Waals surface area (Å²) in [5.41, 5.74) is 1.74. The van der Waals surface area contributed by atoms with Crippen molar-refractivity contribution in [2.24, 2.45) is 0 Å². The molecular formula is C13H10BrFN2S. The second kappa shape index (κ2) is 5.51. The number of nitriles is 1. The van der Waals surface area contributed by atoms with Crippen LogP contribution in [0, 0.1) is 24.1 Å². The summed E-state index contributed by atoms with van der Waals surface area (Å²) in [4.78, 5) is 1.77. The molecule has 0 spiro atoms. The molecule has 0 bridgehead atoms. The molecule has 1 aromatic heterocycles. The van der Waals surface area contributed by atoms with Gasteiger partial charge >= 0.3 is 0 Å². The third-order valence-corrected chi connectivity index (χ3v) is 4.09. The topological polar surface area (TPSA) is 35.8 Å². The summed E-state index contributed by atoms with van der Waals surface area (Å²) in [7, 11) is 0. The summed E-state index contributed by atoms with van der Waals surface area (Å²) in [6, 6.07) is 9.04. The van der Waals surface area contributed by atoms with Crippen molar-refractivity contribution in [3.05, 3.63) is 49.9 Å². The van der Waals surface area contributed by atoms with Crippen molar-refractivity contribution >= 4 is 33.0 Å². The molecule has 2 rings (SSSR count). The molecule has 0 fully saturated rings. The smallest absolute Gasteiger partial charge is 0.137 e. The molecule has 0 aliphatic carbocycles. The second-order valence-electron chi connectivity index (χ2n) is 3.81. The number of nitrogens with zero attached hydrogens (tertiary/aromatic N) is 1. The molecule has 92 valence electrons. The fraction of sp³-hybridized carbons (Fsp3) is 0.154. The number of aryl methyl sites for hydroxylation is 1. The maximum atomic E-state index is 13.3. The van der Waals surface area contributed by atoms with Gasteiger partial charge in [0.1, 0.15) is 16.8 Å². The molecule has 5 heteroatoms. The fourth-order valence-electron chi connectivity index (χ4n) is 1.55. The number of anilines is 1. The summed E-state index contributed by atoms with van der Waals surface area (Å²) in [5.74, 6) is -0.263. The Hall–Kier alpha value is -1.38. The van der Waals surface area contributed by atoms with E-state index in [9.17, 15) is 4.39 Å². The first-order chi connectivity index (χ1) is 8.60. The van der Waals surface area contributed by atoms with Gasteiger partial charge in [0.25, 0.3) is 0 Å². The van der Waals surface area contributed by atoms with E-state index in [0.29, 0.717) is 15.9 Å². The number of benzene rings is 1. The van der Waals surface area contributed by atoms with E-state index in [1.54, 1.807) is 12.1 Å². The molecule has 1 aromatic carbocycles. The molecule has 0 aliphatic rings. The quantitative estimate of drug-likeness (QED) is 0.905. The summed E-state index contributed by atoms with van der Waals surface area (Å²) >= 11 is 4.62. The lowest BCUT2D eigenvalue weighted by molar-refractivity contribution is 0.620. The van der Waals surface area contributed by atoms with Crippen LogP contribution < -0.4 is 5.32 Å². The number of hydrogen-bond acceptors (Lipinski definition) is 3. The zero-order valence-electron chi connectivity index (χ0n) is 9.63. The molecular weight excluding hydrogens is 315 g/mol. The highest BCUT2D eigenvalue weighted by Crippen LogP contribution is 2.25. The Balaban J connectivity index is 2.11. The highest BCUT2D eigenvalue weighted by atomic mass is 79.9. The summed E-state index contributed by atoms with van der Waals surface area (Å²) < 4.78 is 13.7. The van der Waals surface area contributed by atoms with Crippen molar-refractivity contribution in [3.63, 3.8) is 0 Å². The summed E-state index contributed by atoms with van der Waals surface area (Å²) in [6.45, 7) is 2.48. The number of rotatable bonds is 3. The molecule has 2 nitrogen and oxygen atoms in total. The Morgan fingerprint density at radius 1 is 1.44 bits per heavy atom. The van der Waals surface area contributed by atoms with Gasteiger partial charge in [-0.05, 0) is 52.7 Å². The first-order valence-electron chi connectivity index (χ1n) is 5.28. The Bertz CT molecular complexity index is 616. The van der Waals surface area contributed by atoms with Gasteiger partial charge in [-0.15, -0.1) is 11.3 Å². The van der Waals surface area contributed by atoms with Gasteiger partial charge in [0.05, 0.1) is 4.47 Å². The van der Waals surface area contributed by atoms with E-state index < -0.39 is 0 Å². The van der Waals surface area contributed by atoms with Crippen LogP contribution in [0.25, 0.3) is 0 Å². The van der Waals surface area contributed by atoms with E-state index in [2.05, 4.69) is 27.3 Å². The molecule has 0 unspecified atom stereocenters. The predicted octanol–water partition coefficient (Wildman–Crippen LogP) is 4.44. The maximum Gasteiger partial charge on any atom is 0.137 e. The Labute approximate surface area is 117 Å². The van der Waals surface area contributed by atoms with Crippen LogP contribution in [0.1, 0.15) is 15.3 Å². The summed E-state index contributed by atoms with van der Waals surface area (Å²) in [6.07, 6.45) is 0. The van der Waals surface area contributed by atoms with Gasteiger partial charge < -0.3 is 5.32 Å². The van der Waals surface area contributed by atoms with Crippen molar-refractivity contribution in [1.29, 1.82) is 5.26 Å². The van der Waals surface area contributed by atoms with Crippen molar-refractivity contribution in [1.82, 2.24) is 0 Å². The third kappa shape index (κ3) is 2.89. The van der Waals surface area contributed by atoms with Gasteiger partial charge in [-0.3, -0.25) is 0 Å². The Kier molecular flexibility index (Phi) is 4.00. The third-order valence-electron chi connectivity index (χ3n) is 2.49. The highest BCUT2D eigenvalue weighted by Gasteiger charge is 2.05. The molecule has 18 heavy (non-hydrogen) atoms. The summed E-state index contributed by atoms with van der Waals surface area (Å²) in [5, 5.41) is 12.0. The van der Waals surface area contributed by atoms with Crippen molar-refractivity contribution < 1.29 is 4.39 Å². The van der Waals surface area contributed by atoms with Crippen molar-refractivity contribution in [3.8, 4) is 6.07 Å². The molecule has 0 radical (unpaired) electrons. The first kappa shape index (κ1) is 13.1. The largest absolute Gasteiger partial charge is 0.380 e. The van der Waals surface area contributed by atoms with Crippen molar-refractivity contribution in [2.75, 3.05) is 5.32 Å². The van der Waals surface area contributed by atoms with Crippen LogP contribution in [0.3, 0.4) is 0 Å². The van der Waals surface area contributed by atoms with Crippen LogP contribution in [-0.4, -0.2) is 0 Å². The molecule has 0 saturated heterocycles. The van der Waals surface area contributed by atoms with Crippen LogP contribution in [0.4, 0.5) is 10.1 Å². The lowest BCUT2D eigenvalue weighted by atomic mass is 10.2. The van der Waals surface area contributed by atoms with Gasteiger partial charge in [0.15, 0.2) is 0 Å². The number of thiophene rings is 1. The van der Waals surface area contributed by atoms with E-state index in [-0.39, 0.29) is 5.82 Å². The lowest BCUT2D eigenvalue weighted by Crippen LogP contribution is -2.00. The average Bonchev–Trinajstić information content (AvgIpc) is 2.80. The second-order valence-corrected chi connectivity index (χ2v) is 5.84. The van der Waals surface area contributed by atoms with Crippen LogP contribution in [0.2, 0.25) is 0 Å². The minimum Gasteiger partial charge on any atom is -0.380 e. The van der Waals surface area contributed by atoms with Crippen LogP contribution in [0.15, 0.2) is 28.7 Å². The van der Waals surface area contributed by atoms with Gasteiger partial charge in [0, 0.05) is 17.1 Å². The Morgan fingerprint density at radius 3 is 2.89 bits per heavy atom. The van der Waals surface area contributed by atoms with Crippen molar-refractivity contribution in [2.45, 2.75) is 13.5 Å². The molecule has 2 aromatic rings. The SMILES string of the molecule is Cc1cc(F)c(Br)cc1NCc1ccc(C#N)s1. The molecule has 1 N–H and O–H groups in total. The number of nitrogens with one attached hydrogen (secondary N) is 1. The zero-order valence-corrected chi connectivity index (χ0v) is 12.0. The normalized spacial score (nSPS) is 10.1. The standard InChI is InChI=1S/C13H10BrFN2S/c1-8-4-12(15)11(14)5-13(8)17-7-10-3-2-9(6-16)18-10/h2-5,17H,7H2,1H3. The number of hydrogen-bond donors (Lipinski definition) is 1. The molecule has 1 heterocycles. The van der Waals surface area contributed by atoms with Gasteiger partial charge in [-0.2, -0.15) is 5.26 Å². The predicted molar refractivity (Wildman–Crippen MR) is 75.2 cm³/mol. The van der Waals surface area contributed by atoms with Crippen LogP contribution in [0.5, 0.6) is 0 Å². The first-order valence-corrected chi connectivity index (χ1v) is 6.89. The maximum absolute atomic E-state index is 13.3. The molecule has 0 saturated carbocycles. The minimum absolute atomic E-state index is 0.263. The fourth-order valence-corrected chi connectivity index (χ4v) is 2.64. The zero-order chi connectivity index (χ0) is 13.1. The van der Waals surface area contributed by atoms with Gasteiger partial charge in [-0.1, -0.05) is 0 Å². The van der Waals surface area contributed by atoms with Gasteiger partial charge in [0.2, 0.25) is 0 Å². The van der Waals surface area contributed by atoms with E-state index >= 15 is 0 Å². The van der Waals surface area contributed by atoms with Crippen LogP contribution in [-0.2, 0) is 6.54 Å². The van der Waals surface area contributed by atoms with Gasteiger partial charge in [-0.25, -0.2) is 4.39 Å². The Morgan fingerprint density at radius 2 is 2.22 bits per heavy atom. The van der Waals surface area contributed by atoms with E-state index in [4.69, 9.17) is 5.26 Å². The highest BCUT2D eigenvalue weighted by molar-refractivity contribution is 9.10. The monoisotopic (exact) mass is 324 g/mol. The molecule has 0 amide bonds.